The van der Waals surface area contributed by atoms with Crippen molar-refractivity contribution in [2.24, 2.45) is 0 Å². The van der Waals surface area contributed by atoms with Gasteiger partial charge in [0.25, 0.3) is 0 Å². The number of hydrogen-bond donors (Lipinski definition) is 1. The smallest absolute Gasteiger partial charge is 0.144 e. The number of aromatic nitrogens is 3. The van der Waals surface area contributed by atoms with E-state index in [4.69, 9.17) is 10.4 Å². The van der Waals surface area contributed by atoms with Gasteiger partial charge in [-0.15, -0.1) is 0 Å². The zero-order chi connectivity index (χ0) is 12.8. The quantitative estimate of drug-likeness (QED) is 0.818. The lowest BCUT2D eigenvalue weighted by Gasteiger charge is -2.01. The van der Waals surface area contributed by atoms with E-state index in [0.717, 1.165) is 11.1 Å². The summed E-state index contributed by atoms with van der Waals surface area (Å²) in [4.78, 5) is 3.81. The number of aliphatic hydroxyl groups is 1. The van der Waals surface area contributed by atoms with E-state index in [1.165, 1.54) is 17.3 Å². The highest BCUT2D eigenvalue weighted by Gasteiger charge is 2.00. The summed E-state index contributed by atoms with van der Waals surface area (Å²) in [5.41, 5.74) is 2.32. The number of nitrogens with zero attached hydrogens (tertiary/aromatic N) is 4. The van der Waals surface area contributed by atoms with E-state index in [-0.39, 0.29) is 6.61 Å². The number of aliphatic hydroxyl groups excluding tert-OH is 1. The van der Waals surface area contributed by atoms with Crippen molar-refractivity contribution in [2.45, 2.75) is 6.42 Å². The van der Waals surface area contributed by atoms with Crippen molar-refractivity contribution in [1.82, 2.24) is 14.8 Å². The van der Waals surface area contributed by atoms with Crippen molar-refractivity contribution in [1.29, 1.82) is 5.26 Å². The fraction of sp³-hybridized carbons (Fsp3) is 0.154. The van der Waals surface area contributed by atoms with Crippen molar-refractivity contribution >= 4 is 11.8 Å². The third-order valence-electron chi connectivity index (χ3n) is 2.44. The number of benzene rings is 1. The van der Waals surface area contributed by atoms with Gasteiger partial charge in [0.1, 0.15) is 24.4 Å². The third-order valence-corrected chi connectivity index (χ3v) is 2.44. The first kappa shape index (κ1) is 12.0. The van der Waals surface area contributed by atoms with Crippen LogP contribution in [0.15, 0.2) is 36.9 Å². The summed E-state index contributed by atoms with van der Waals surface area (Å²) in [6.07, 6.45) is 5.20. The summed E-state index contributed by atoms with van der Waals surface area (Å²) in [5.74, 6) is 0. The molecule has 0 spiro atoms. The Hall–Kier alpha value is -2.45. The van der Waals surface area contributed by atoms with Crippen molar-refractivity contribution in [2.75, 3.05) is 6.61 Å². The minimum absolute atomic E-state index is 0.112. The number of hydrogen-bond acceptors (Lipinski definition) is 4. The molecule has 0 bridgehead atoms. The lowest BCUT2D eigenvalue weighted by molar-refractivity contribution is 0.299. The molecule has 0 aliphatic rings. The Kier molecular flexibility index (Phi) is 3.84. The van der Waals surface area contributed by atoms with Crippen LogP contribution in [0.2, 0.25) is 0 Å². The molecule has 5 nitrogen and oxygen atoms in total. The molecule has 0 amide bonds. The zero-order valence-electron chi connectivity index (χ0n) is 9.69. The molecule has 18 heavy (non-hydrogen) atoms. The first-order valence-electron chi connectivity index (χ1n) is 5.50. The van der Waals surface area contributed by atoms with Crippen LogP contribution in [0.1, 0.15) is 11.1 Å². The van der Waals surface area contributed by atoms with Gasteiger partial charge < -0.3 is 5.11 Å². The van der Waals surface area contributed by atoms with Crippen molar-refractivity contribution in [3.8, 4) is 6.07 Å². The summed E-state index contributed by atoms with van der Waals surface area (Å²) in [6, 6.07) is 9.75. The third kappa shape index (κ3) is 2.81. The normalized spacial score (nSPS) is 11.2. The second-order valence-electron chi connectivity index (χ2n) is 3.70. The molecule has 0 aliphatic carbocycles. The lowest BCUT2D eigenvalue weighted by atomic mass is 10.1. The van der Waals surface area contributed by atoms with Crippen LogP contribution in [0, 0.1) is 11.3 Å². The van der Waals surface area contributed by atoms with E-state index >= 15 is 0 Å². The Labute approximate surface area is 105 Å². The van der Waals surface area contributed by atoms with E-state index in [1.807, 2.05) is 24.3 Å². The predicted molar refractivity (Wildman–Crippen MR) is 67.0 cm³/mol. The Balaban J connectivity index is 2.31. The molecular weight excluding hydrogens is 228 g/mol. The molecule has 5 heteroatoms. The fourth-order valence-corrected chi connectivity index (χ4v) is 1.61. The molecule has 0 aliphatic heterocycles. The van der Waals surface area contributed by atoms with Gasteiger partial charge in [0, 0.05) is 6.61 Å². The van der Waals surface area contributed by atoms with Crippen LogP contribution < -0.4 is 0 Å². The van der Waals surface area contributed by atoms with Gasteiger partial charge in [0.05, 0.1) is 0 Å². The van der Waals surface area contributed by atoms with Gasteiger partial charge in [-0.25, -0.2) is 9.67 Å². The van der Waals surface area contributed by atoms with Crippen molar-refractivity contribution in [3.63, 3.8) is 0 Å². The van der Waals surface area contributed by atoms with Gasteiger partial charge in [0.2, 0.25) is 0 Å². The van der Waals surface area contributed by atoms with Crippen molar-refractivity contribution < 1.29 is 5.11 Å². The predicted octanol–water partition coefficient (Wildman–Crippen LogP) is 1.33. The lowest BCUT2D eigenvalue weighted by Crippen LogP contribution is -1.95. The van der Waals surface area contributed by atoms with E-state index in [2.05, 4.69) is 16.2 Å². The molecule has 2 aromatic rings. The van der Waals surface area contributed by atoms with Gasteiger partial charge in [0.15, 0.2) is 0 Å². The molecule has 1 heterocycles. The number of rotatable bonds is 4. The molecule has 2 rings (SSSR count). The molecule has 0 unspecified atom stereocenters. The first-order chi connectivity index (χ1) is 8.83. The second-order valence-corrected chi connectivity index (χ2v) is 3.70. The Morgan fingerprint density at radius 3 is 3.06 bits per heavy atom. The van der Waals surface area contributed by atoms with Crippen LogP contribution in [0.25, 0.3) is 11.8 Å². The van der Waals surface area contributed by atoms with Crippen molar-refractivity contribution in [3.05, 3.63) is 48.0 Å². The van der Waals surface area contributed by atoms with Crippen LogP contribution in [0.5, 0.6) is 0 Å². The van der Waals surface area contributed by atoms with E-state index < -0.39 is 0 Å². The van der Waals surface area contributed by atoms with Gasteiger partial charge in [-0.1, -0.05) is 24.3 Å². The van der Waals surface area contributed by atoms with Gasteiger partial charge in [-0.05, 0) is 23.6 Å². The Bertz CT molecular complexity index is 581. The molecule has 0 saturated heterocycles. The molecule has 1 N–H and O–H groups in total. The van der Waals surface area contributed by atoms with Crippen LogP contribution in [0.3, 0.4) is 0 Å². The molecule has 1 aromatic carbocycles. The number of nitriles is 1. The molecular formula is C13H12N4O. The van der Waals surface area contributed by atoms with Gasteiger partial charge in [-0.3, -0.25) is 0 Å². The Morgan fingerprint density at radius 2 is 2.39 bits per heavy atom. The van der Waals surface area contributed by atoms with Crippen LogP contribution >= 0.6 is 0 Å². The highest BCUT2D eigenvalue weighted by Crippen LogP contribution is 2.12. The molecule has 0 atom stereocenters. The summed E-state index contributed by atoms with van der Waals surface area (Å²) in [6.45, 7) is 0.112. The second kappa shape index (κ2) is 5.75. The van der Waals surface area contributed by atoms with Gasteiger partial charge >= 0.3 is 0 Å². The molecule has 0 radical (unpaired) electrons. The SMILES string of the molecule is N#CC(=Cc1cccc(CCO)c1)n1cncn1. The zero-order valence-corrected chi connectivity index (χ0v) is 9.69. The van der Waals surface area contributed by atoms with Crippen LogP contribution in [0.4, 0.5) is 0 Å². The molecule has 0 fully saturated rings. The molecule has 0 saturated carbocycles. The van der Waals surface area contributed by atoms with E-state index in [0.29, 0.717) is 12.1 Å². The minimum Gasteiger partial charge on any atom is -0.396 e. The van der Waals surface area contributed by atoms with Crippen LogP contribution in [-0.2, 0) is 6.42 Å². The molecule has 1 aromatic heterocycles. The van der Waals surface area contributed by atoms with Gasteiger partial charge in [-0.2, -0.15) is 10.4 Å². The Morgan fingerprint density at radius 1 is 1.50 bits per heavy atom. The summed E-state index contributed by atoms with van der Waals surface area (Å²) in [5, 5.41) is 21.9. The average molecular weight is 240 g/mol. The largest absolute Gasteiger partial charge is 0.396 e. The topological polar surface area (TPSA) is 74.7 Å². The maximum atomic E-state index is 9.08. The minimum atomic E-state index is 0.112. The number of allylic oxidation sites excluding steroid dienone is 1. The average Bonchev–Trinajstić information content (AvgIpc) is 2.90. The highest BCUT2D eigenvalue weighted by atomic mass is 16.2. The fourth-order valence-electron chi connectivity index (χ4n) is 1.61. The van der Waals surface area contributed by atoms with E-state index in [1.54, 1.807) is 6.08 Å². The van der Waals surface area contributed by atoms with E-state index in [9.17, 15) is 0 Å². The summed E-state index contributed by atoms with van der Waals surface area (Å²) >= 11 is 0. The molecule has 90 valence electrons. The first-order valence-corrected chi connectivity index (χ1v) is 5.50. The highest BCUT2D eigenvalue weighted by molar-refractivity contribution is 5.78. The van der Waals surface area contributed by atoms with Crippen LogP contribution in [-0.4, -0.2) is 26.5 Å². The summed E-state index contributed by atoms with van der Waals surface area (Å²) < 4.78 is 1.42. The maximum absolute atomic E-state index is 9.08. The standard InChI is InChI=1S/C13H12N4O/c14-8-13(17-10-15-9-16-17)7-12-3-1-2-11(6-12)4-5-18/h1-3,6-7,9-10,18H,4-5H2. The summed E-state index contributed by atoms with van der Waals surface area (Å²) in [7, 11) is 0. The monoisotopic (exact) mass is 240 g/mol. The maximum Gasteiger partial charge on any atom is 0.144 e.